The predicted molar refractivity (Wildman–Crippen MR) is 77.1 cm³/mol. The average Bonchev–Trinajstić information content (AvgIpc) is 2.34. The Morgan fingerprint density at radius 1 is 1.28 bits per heavy atom. The Morgan fingerprint density at radius 2 is 1.94 bits per heavy atom. The molecule has 0 aliphatic rings. The first-order valence-corrected chi connectivity index (χ1v) is 7.25. The van der Waals surface area contributed by atoms with Gasteiger partial charge in [0.15, 0.2) is 0 Å². The molecule has 0 aliphatic heterocycles. The molecule has 0 aliphatic carbocycles. The summed E-state index contributed by atoms with van der Waals surface area (Å²) in [4.78, 5) is 11.0. The number of hydrogen-bond acceptors (Lipinski definition) is 4. The summed E-state index contributed by atoms with van der Waals surface area (Å²) in [5.41, 5.74) is 0. The van der Waals surface area contributed by atoms with E-state index < -0.39 is 0 Å². The largest absolute Gasteiger partial charge is 0.476 e. The van der Waals surface area contributed by atoms with Gasteiger partial charge in [0.25, 0.3) is 0 Å². The first kappa shape index (κ1) is 15.4. The molecule has 4 nitrogen and oxygen atoms in total. The third-order valence-electron chi connectivity index (χ3n) is 2.76. The predicted octanol–water partition coefficient (Wildman–Crippen LogP) is 3.08. The Bertz CT molecular complexity index is 367. The van der Waals surface area contributed by atoms with Gasteiger partial charge in [0.1, 0.15) is 17.0 Å². The molecule has 0 bridgehead atoms. The molecule has 0 radical (unpaired) electrons. The number of hydrogen-bond donors (Lipinski definition) is 0. The van der Waals surface area contributed by atoms with Crippen LogP contribution in [0.4, 0.5) is 0 Å². The third-order valence-corrected chi connectivity index (χ3v) is 3.16. The van der Waals surface area contributed by atoms with Gasteiger partial charge in [-0.05, 0) is 29.0 Å². The van der Waals surface area contributed by atoms with Crippen molar-refractivity contribution in [3.8, 4) is 5.88 Å². The maximum Gasteiger partial charge on any atom is 0.217 e. The first-order chi connectivity index (χ1) is 8.56. The molecule has 0 saturated carbocycles. The van der Waals surface area contributed by atoms with Crippen LogP contribution in [0.1, 0.15) is 39.4 Å². The zero-order chi connectivity index (χ0) is 13.5. The molecule has 1 heterocycles. The van der Waals surface area contributed by atoms with E-state index in [1.165, 1.54) is 0 Å². The molecule has 0 saturated heterocycles. The van der Waals surface area contributed by atoms with E-state index in [1.54, 1.807) is 0 Å². The molecule has 1 rings (SSSR count). The van der Waals surface area contributed by atoms with Gasteiger partial charge in [-0.25, -0.2) is 4.98 Å². The molecule has 0 spiro atoms. The minimum absolute atomic E-state index is 0.299. The molecule has 18 heavy (non-hydrogen) atoms. The summed E-state index contributed by atoms with van der Waals surface area (Å²) < 4.78 is 6.47. The number of ether oxygens (including phenoxy) is 1. The number of rotatable bonds is 7. The van der Waals surface area contributed by atoms with Crippen LogP contribution in [0.25, 0.3) is 0 Å². The lowest BCUT2D eigenvalue weighted by atomic mass is 10.2. The van der Waals surface area contributed by atoms with Gasteiger partial charge < -0.3 is 9.64 Å². The summed E-state index contributed by atoms with van der Waals surface area (Å²) in [5, 5.41) is 0. The van der Waals surface area contributed by atoms with Crippen LogP contribution < -0.4 is 4.74 Å². The van der Waals surface area contributed by atoms with Gasteiger partial charge in [-0.1, -0.05) is 27.7 Å². The van der Waals surface area contributed by atoms with Gasteiger partial charge >= 0.3 is 0 Å². The molecule has 0 unspecified atom stereocenters. The molecule has 1 aromatic heterocycles. The molecule has 102 valence electrons. The van der Waals surface area contributed by atoms with Crippen molar-refractivity contribution in [3.05, 3.63) is 16.5 Å². The average molecular weight is 316 g/mol. The van der Waals surface area contributed by atoms with E-state index >= 15 is 0 Å². The molecule has 1 aromatic rings. The smallest absolute Gasteiger partial charge is 0.217 e. The molecule has 0 atom stereocenters. The van der Waals surface area contributed by atoms with E-state index in [2.05, 4.69) is 58.5 Å². The van der Waals surface area contributed by atoms with Gasteiger partial charge in [-0.3, -0.25) is 0 Å². The molecular weight excluding hydrogens is 294 g/mol. The van der Waals surface area contributed by atoms with Crippen molar-refractivity contribution in [2.45, 2.75) is 33.6 Å². The molecule has 5 heteroatoms. The maximum absolute atomic E-state index is 5.69. The van der Waals surface area contributed by atoms with Crippen LogP contribution in [0.15, 0.2) is 10.7 Å². The van der Waals surface area contributed by atoms with Crippen molar-refractivity contribution >= 4 is 15.9 Å². The van der Waals surface area contributed by atoms with Crippen molar-refractivity contribution in [1.82, 2.24) is 14.9 Å². The Hall–Kier alpha value is -0.680. The Labute approximate surface area is 118 Å². The summed E-state index contributed by atoms with van der Waals surface area (Å²) >= 11 is 3.39. The van der Waals surface area contributed by atoms with Crippen LogP contribution in [0.3, 0.4) is 0 Å². The molecular formula is C13H22BrN3O. The van der Waals surface area contributed by atoms with E-state index in [-0.39, 0.29) is 0 Å². The quantitative estimate of drug-likeness (QED) is 0.725. The van der Waals surface area contributed by atoms with Gasteiger partial charge in [0, 0.05) is 18.5 Å². The highest BCUT2D eigenvalue weighted by Crippen LogP contribution is 2.18. The second-order valence-electron chi connectivity index (χ2n) is 4.42. The third kappa shape index (κ3) is 4.90. The second-order valence-corrected chi connectivity index (χ2v) is 5.23. The van der Waals surface area contributed by atoms with Gasteiger partial charge in [0.05, 0.1) is 0 Å². The van der Waals surface area contributed by atoms with Gasteiger partial charge in [-0.2, -0.15) is 4.98 Å². The zero-order valence-corrected chi connectivity index (χ0v) is 13.2. The maximum atomic E-state index is 5.69. The van der Waals surface area contributed by atoms with Crippen LogP contribution >= 0.6 is 15.9 Å². The number of halogens is 1. The standard InChI is InChI=1S/C13H22BrN3O/c1-5-17(6-2)7-8-18-12-9-11(14)15-13(16-12)10(3)4/h9-10H,5-8H2,1-4H3. The van der Waals surface area contributed by atoms with E-state index in [0.29, 0.717) is 18.4 Å². The fourth-order valence-electron chi connectivity index (χ4n) is 1.57. The Morgan fingerprint density at radius 3 is 2.50 bits per heavy atom. The summed E-state index contributed by atoms with van der Waals surface area (Å²) in [7, 11) is 0. The molecule has 0 aromatic carbocycles. The fraction of sp³-hybridized carbons (Fsp3) is 0.692. The highest BCUT2D eigenvalue weighted by molar-refractivity contribution is 9.10. The van der Waals surface area contributed by atoms with Crippen molar-refractivity contribution in [1.29, 1.82) is 0 Å². The second kappa shape index (κ2) is 7.69. The fourth-order valence-corrected chi connectivity index (χ4v) is 1.94. The highest BCUT2D eigenvalue weighted by atomic mass is 79.9. The van der Waals surface area contributed by atoms with Crippen LogP contribution in [0.5, 0.6) is 5.88 Å². The SMILES string of the molecule is CCN(CC)CCOc1cc(Br)nc(C(C)C)n1. The highest BCUT2D eigenvalue weighted by Gasteiger charge is 2.08. The van der Waals surface area contributed by atoms with Gasteiger partial charge in [0.2, 0.25) is 5.88 Å². The zero-order valence-electron chi connectivity index (χ0n) is 11.6. The summed E-state index contributed by atoms with van der Waals surface area (Å²) in [6, 6.07) is 1.81. The summed E-state index contributed by atoms with van der Waals surface area (Å²) in [6.45, 7) is 12.1. The molecule has 0 fully saturated rings. The minimum atomic E-state index is 0.299. The first-order valence-electron chi connectivity index (χ1n) is 6.46. The normalized spacial score (nSPS) is 11.3. The van der Waals surface area contributed by atoms with Crippen molar-refractivity contribution in [2.75, 3.05) is 26.2 Å². The topological polar surface area (TPSA) is 38.2 Å². The van der Waals surface area contributed by atoms with Crippen molar-refractivity contribution in [3.63, 3.8) is 0 Å². The van der Waals surface area contributed by atoms with Crippen LogP contribution in [0, 0.1) is 0 Å². The van der Waals surface area contributed by atoms with Crippen LogP contribution in [0.2, 0.25) is 0 Å². The lowest BCUT2D eigenvalue weighted by molar-refractivity contribution is 0.217. The Balaban J connectivity index is 2.56. The minimum Gasteiger partial charge on any atom is -0.476 e. The van der Waals surface area contributed by atoms with E-state index in [1.807, 2.05) is 6.07 Å². The monoisotopic (exact) mass is 315 g/mol. The number of nitrogens with zero attached hydrogens (tertiary/aromatic N) is 3. The van der Waals surface area contributed by atoms with E-state index in [4.69, 9.17) is 4.74 Å². The summed E-state index contributed by atoms with van der Waals surface area (Å²) in [5.74, 6) is 1.75. The van der Waals surface area contributed by atoms with Crippen LogP contribution in [-0.2, 0) is 0 Å². The van der Waals surface area contributed by atoms with E-state index in [9.17, 15) is 0 Å². The summed E-state index contributed by atoms with van der Waals surface area (Å²) in [6.07, 6.45) is 0. The molecule has 0 N–H and O–H groups in total. The lowest BCUT2D eigenvalue weighted by Crippen LogP contribution is -2.28. The Kier molecular flexibility index (Phi) is 6.57. The van der Waals surface area contributed by atoms with E-state index in [0.717, 1.165) is 30.1 Å². The number of aromatic nitrogens is 2. The van der Waals surface area contributed by atoms with Gasteiger partial charge in [-0.15, -0.1) is 0 Å². The lowest BCUT2D eigenvalue weighted by Gasteiger charge is -2.18. The van der Waals surface area contributed by atoms with Crippen molar-refractivity contribution < 1.29 is 4.74 Å². The van der Waals surface area contributed by atoms with Crippen LogP contribution in [-0.4, -0.2) is 41.1 Å². The number of likely N-dealkylation sites (N-methyl/N-ethyl adjacent to an activating group) is 1. The van der Waals surface area contributed by atoms with Crippen molar-refractivity contribution in [2.24, 2.45) is 0 Å². The molecule has 0 amide bonds.